The highest BCUT2D eigenvalue weighted by molar-refractivity contribution is 6.33. The van der Waals surface area contributed by atoms with E-state index in [-0.39, 0.29) is 39.3 Å². The van der Waals surface area contributed by atoms with E-state index >= 15 is 0 Å². The van der Waals surface area contributed by atoms with Crippen molar-refractivity contribution in [2.75, 3.05) is 26.4 Å². The average Bonchev–Trinajstić information content (AvgIpc) is 2.30. The Kier molecular flexibility index (Phi) is 8.00. The quantitative estimate of drug-likeness (QED) is 0.384. The Bertz CT molecular complexity index is 248. The van der Waals surface area contributed by atoms with E-state index in [1.165, 1.54) is 0 Å². The molecule has 0 amide bonds. The minimum absolute atomic E-state index is 0.137. The number of esters is 2. The number of Topliss-reactive ketones (excluding diaryl/α,β-unsaturated/α-hetero) is 1. The summed E-state index contributed by atoms with van der Waals surface area (Å²) in [6.07, 6.45) is -0.554. The number of carbonyl (C=O) groups is 3. The summed E-state index contributed by atoms with van der Waals surface area (Å²) in [6.45, 7) is -1.04. The Labute approximate surface area is 92.0 Å². The predicted octanol–water partition coefficient (Wildman–Crippen LogP) is -1.59. The second-order valence-electron chi connectivity index (χ2n) is 2.73. The lowest BCUT2D eigenvalue weighted by atomic mass is 10.2. The van der Waals surface area contributed by atoms with Gasteiger partial charge in [0.05, 0.1) is 19.6 Å². The van der Waals surface area contributed by atoms with Gasteiger partial charge in [-0.3, -0.25) is 9.59 Å². The maximum absolute atomic E-state index is 11.0. The van der Waals surface area contributed by atoms with E-state index in [9.17, 15) is 14.4 Å². The van der Waals surface area contributed by atoms with Crippen molar-refractivity contribution < 1.29 is 34.1 Å². The van der Waals surface area contributed by atoms with Crippen LogP contribution in [0.5, 0.6) is 0 Å². The van der Waals surface area contributed by atoms with E-state index in [0.29, 0.717) is 0 Å². The molecule has 0 aromatic carbocycles. The summed E-state index contributed by atoms with van der Waals surface area (Å²) in [5.41, 5.74) is 0. The number of rotatable bonds is 8. The first-order chi connectivity index (χ1) is 7.61. The predicted molar refractivity (Wildman–Crippen MR) is 50.3 cm³/mol. The Morgan fingerprint density at radius 2 is 1.44 bits per heavy atom. The van der Waals surface area contributed by atoms with Gasteiger partial charge in [0.15, 0.2) is 0 Å². The van der Waals surface area contributed by atoms with Crippen molar-refractivity contribution in [3.05, 3.63) is 0 Å². The van der Waals surface area contributed by atoms with E-state index in [0.717, 1.165) is 0 Å². The molecule has 0 bridgehead atoms. The zero-order chi connectivity index (χ0) is 12.4. The van der Waals surface area contributed by atoms with Crippen LogP contribution in [0, 0.1) is 0 Å². The molecule has 0 aromatic rings. The summed E-state index contributed by atoms with van der Waals surface area (Å²) < 4.78 is 8.80. The summed E-state index contributed by atoms with van der Waals surface area (Å²) in [5.74, 6) is -2.60. The van der Waals surface area contributed by atoms with Gasteiger partial charge in [0, 0.05) is 6.42 Å². The second kappa shape index (κ2) is 8.81. The topological polar surface area (TPSA) is 110 Å². The molecule has 0 atom stereocenters. The van der Waals surface area contributed by atoms with E-state index in [1.807, 2.05) is 0 Å². The highest BCUT2D eigenvalue weighted by Gasteiger charge is 2.16. The molecule has 0 rings (SSSR count). The molecule has 0 spiro atoms. The Morgan fingerprint density at radius 1 is 0.875 bits per heavy atom. The number of ketones is 1. The highest BCUT2D eigenvalue weighted by Crippen LogP contribution is 1.96. The van der Waals surface area contributed by atoms with Gasteiger partial charge in [-0.05, 0) is 0 Å². The summed E-state index contributed by atoms with van der Waals surface area (Å²) in [4.78, 5) is 32.7. The van der Waals surface area contributed by atoms with Gasteiger partial charge < -0.3 is 19.7 Å². The molecule has 92 valence electrons. The van der Waals surface area contributed by atoms with E-state index < -0.39 is 17.7 Å². The van der Waals surface area contributed by atoms with Gasteiger partial charge in [0.2, 0.25) is 5.78 Å². The zero-order valence-corrected chi connectivity index (χ0v) is 8.68. The molecular formula is C9H14O7. The normalized spacial score (nSPS) is 9.62. The van der Waals surface area contributed by atoms with Gasteiger partial charge in [0.25, 0.3) is 0 Å². The molecule has 0 fully saturated rings. The second-order valence-corrected chi connectivity index (χ2v) is 2.73. The van der Waals surface area contributed by atoms with E-state index in [4.69, 9.17) is 10.2 Å². The highest BCUT2D eigenvalue weighted by atomic mass is 16.5. The lowest BCUT2D eigenvalue weighted by molar-refractivity contribution is -0.155. The number of hydrogen-bond donors (Lipinski definition) is 2. The molecule has 2 N–H and O–H groups in total. The van der Waals surface area contributed by atoms with Crippen LogP contribution in [0.25, 0.3) is 0 Å². The zero-order valence-electron chi connectivity index (χ0n) is 8.68. The molecule has 0 aromatic heterocycles. The van der Waals surface area contributed by atoms with Crippen LogP contribution in [0.4, 0.5) is 0 Å². The minimum Gasteiger partial charge on any atom is -0.463 e. The molecule has 0 unspecified atom stereocenters. The maximum Gasteiger partial charge on any atom is 0.374 e. The van der Waals surface area contributed by atoms with Crippen molar-refractivity contribution in [3.63, 3.8) is 0 Å². The van der Waals surface area contributed by atoms with Gasteiger partial charge in [-0.15, -0.1) is 0 Å². The SMILES string of the molecule is O=C(CCC(=O)C(=O)OCCO)OCCO. The smallest absolute Gasteiger partial charge is 0.374 e. The summed E-state index contributed by atoms with van der Waals surface area (Å²) in [5, 5.41) is 16.7. The van der Waals surface area contributed by atoms with Crippen molar-refractivity contribution in [2.24, 2.45) is 0 Å². The number of aliphatic hydroxyl groups excluding tert-OH is 2. The molecule has 0 aliphatic heterocycles. The fourth-order valence-corrected chi connectivity index (χ4v) is 0.768. The van der Waals surface area contributed by atoms with Gasteiger partial charge in [-0.2, -0.15) is 0 Å². The lowest BCUT2D eigenvalue weighted by Gasteiger charge is -2.02. The van der Waals surface area contributed by atoms with Crippen LogP contribution in [0.15, 0.2) is 0 Å². The van der Waals surface area contributed by atoms with Crippen molar-refractivity contribution >= 4 is 17.7 Å². The largest absolute Gasteiger partial charge is 0.463 e. The van der Waals surface area contributed by atoms with Crippen LogP contribution in [0.2, 0.25) is 0 Å². The van der Waals surface area contributed by atoms with Gasteiger partial charge in [0.1, 0.15) is 13.2 Å². The Hall–Kier alpha value is -1.47. The first kappa shape index (κ1) is 14.5. The molecule has 0 radical (unpaired) electrons. The Balaban J connectivity index is 3.71. The summed E-state index contributed by atoms with van der Waals surface area (Å²) in [7, 11) is 0. The molecule has 0 heterocycles. The number of carbonyl (C=O) groups excluding carboxylic acids is 3. The molecule has 0 aliphatic rings. The van der Waals surface area contributed by atoms with Crippen molar-refractivity contribution in [3.8, 4) is 0 Å². The van der Waals surface area contributed by atoms with Crippen LogP contribution in [0.3, 0.4) is 0 Å². The minimum atomic E-state index is -1.08. The number of aliphatic hydroxyl groups is 2. The molecular weight excluding hydrogens is 220 g/mol. The van der Waals surface area contributed by atoms with E-state index in [1.54, 1.807) is 0 Å². The monoisotopic (exact) mass is 234 g/mol. The fraction of sp³-hybridized carbons (Fsp3) is 0.667. The fourth-order valence-electron chi connectivity index (χ4n) is 0.768. The van der Waals surface area contributed by atoms with Gasteiger partial charge in [-0.1, -0.05) is 0 Å². The van der Waals surface area contributed by atoms with Crippen molar-refractivity contribution in [1.82, 2.24) is 0 Å². The molecule has 16 heavy (non-hydrogen) atoms. The van der Waals surface area contributed by atoms with Crippen molar-refractivity contribution in [1.29, 1.82) is 0 Å². The summed E-state index contributed by atoms with van der Waals surface area (Å²) >= 11 is 0. The first-order valence-electron chi connectivity index (χ1n) is 4.69. The lowest BCUT2D eigenvalue weighted by Crippen LogP contribution is -2.20. The van der Waals surface area contributed by atoms with Crippen LogP contribution in [-0.4, -0.2) is 54.4 Å². The number of ether oxygens (including phenoxy) is 2. The first-order valence-corrected chi connectivity index (χ1v) is 4.69. The Morgan fingerprint density at radius 3 is 2.00 bits per heavy atom. The van der Waals surface area contributed by atoms with Gasteiger partial charge in [-0.25, -0.2) is 4.79 Å². The summed E-state index contributed by atoms with van der Waals surface area (Å²) in [6, 6.07) is 0. The maximum atomic E-state index is 11.0. The van der Waals surface area contributed by atoms with Crippen LogP contribution < -0.4 is 0 Å². The average molecular weight is 234 g/mol. The van der Waals surface area contributed by atoms with Crippen molar-refractivity contribution in [2.45, 2.75) is 12.8 Å². The number of hydrogen-bond acceptors (Lipinski definition) is 7. The van der Waals surface area contributed by atoms with Crippen LogP contribution >= 0.6 is 0 Å². The molecule has 0 aliphatic carbocycles. The molecule has 7 heteroatoms. The van der Waals surface area contributed by atoms with Gasteiger partial charge >= 0.3 is 11.9 Å². The van der Waals surface area contributed by atoms with Crippen LogP contribution in [-0.2, 0) is 23.9 Å². The molecule has 0 saturated carbocycles. The van der Waals surface area contributed by atoms with Crippen LogP contribution in [0.1, 0.15) is 12.8 Å². The third-order valence-corrected chi connectivity index (χ3v) is 1.46. The molecule has 0 saturated heterocycles. The third kappa shape index (κ3) is 6.91. The standard InChI is InChI=1S/C9H14O7/c10-3-5-15-8(13)2-1-7(12)9(14)16-6-4-11/h10-11H,1-6H2. The van der Waals surface area contributed by atoms with E-state index in [2.05, 4.69) is 9.47 Å². The molecule has 7 nitrogen and oxygen atoms in total. The third-order valence-electron chi connectivity index (χ3n) is 1.46.